The van der Waals surface area contributed by atoms with E-state index < -0.39 is 12.1 Å². The van der Waals surface area contributed by atoms with Crippen LogP contribution in [-0.2, 0) is 6.42 Å². The van der Waals surface area contributed by atoms with E-state index in [4.69, 9.17) is 23.2 Å². The maximum absolute atomic E-state index is 12.4. The summed E-state index contributed by atoms with van der Waals surface area (Å²) in [5.41, 5.74) is 2.30. The van der Waals surface area contributed by atoms with Crippen LogP contribution in [-0.4, -0.2) is 17.1 Å². The molecule has 2 atom stereocenters. The lowest BCUT2D eigenvalue weighted by molar-refractivity contribution is 0.0858. The van der Waals surface area contributed by atoms with Gasteiger partial charge in [0, 0.05) is 6.42 Å². The number of rotatable bonds is 2. The Balaban J connectivity index is 1.87. The van der Waals surface area contributed by atoms with Crippen LogP contribution in [0, 0.1) is 0 Å². The summed E-state index contributed by atoms with van der Waals surface area (Å²) in [7, 11) is 0. The van der Waals surface area contributed by atoms with E-state index >= 15 is 0 Å². The fraction of sp³-hybridized carbons (Fsp3) is 0.188. The highest BCUT2D eigenvalue weighted by Crippen LogP contribution is 2.32. The van der Waals surface area contributed by atoms with Crippen LogP contribution in [0.2, 0.25) is 10.0 Å². The number of hydrogen-bond acceptors (Lipinski definition) is 2. The summed E-state index contributed by atoms with van der Waals surface area (Å²) in [5.74, 6) is -0.344. The van der Waals surface area contributed by atoms with Gasteiger partial charge in [0.2, 0.25) is 0 Å². The highest BCUT2D eigenvalue weighted by Gasteiger charge is 2.32. The van der Waals surface area contributed by atoms with E-state index in [9.17, 15) is 9.90 Å². The third-order valence-electron chi connectivity index (χ3n) is 3.69. The van der Waals surface area contributed by atoms with Gasteiger partial charge in [-0.05, 0) is 23.3 Å². The largest absolute Gasteiger partial charge is 0.390 e. The van der Waals surface area contributed by atoms with Gasteiger partial charge in [-0.3, -0.25) is 4.79 Å². The van der Waals surface area contributed by atoms with Gasteiger partial charge in [-0.15, -0.1) is 0 Å². The molecule has 1 amide bonds. The summed E-state index contributed by atoms with van der Waals surface area (Å²) in [6, 6.07) is 12.2. The molecule has 21 heavy (non-hydrogen) atoms. The first-order valence-electron chi connectivity index (χ1n) is 6.58. The van der Waals surface area contributed by atoms with E-state index in [1.54, 1.807) is 18.2 Å². The van der Waals surface area contributed by atoms with E-state index in [0.29, 0.717) is 17.0 Å². The van der Waals surface area contributed by atoms with Crippen molar-refractivity contribution in [3.63, 3.8) is 0 Å². The Labute approximate surface area is 132 Å². The molecule has 0 aliphatic heterocycles. The van der Waals surface area contributed by atoms with Crippen molar-refractivity contribution in [1.29, 1.82) is 0 Å². The molecule has 0 saturated carbocycles. The molecule has 108 valence electrons. The topological polar surface area (TPSA) is 49.3 Å². The van der Waals surface area contributed by atoms with Crippen LogP contribution in [0.15, 0.2) is 42.5 Å². The molecule has 0 unspecified atom stereocenters. The Morgan fingerprint density at radius 3 is 2.71 bits per heavy atom. The molecule has 2 N–H and O–H groups in total. The Hall–Kier alpha value is -1.55. The zero-order valence-electron chi connectivity index (χ0n) is 11.0. The monoisotopic (exact) mass is 321 g/mol. The smallest absolute Gasteiger partial charge is 0.253 e. The highest BCUT2D eigenvalue weighted by molar-refractivity contribution is 6.43. The lowest BCUT2D eigenvalue weighted by Gasteiger charge is -2.18. The van der Waals surface area contributed by atoms with E-state index in [1.165, 1.54) is 0 Å². The first-order chi connectivity index (χ1) is 10.1. The van der Waals surface area contributed by atoms with E-state index in [2.05, 4.69) is 5.32 Å². The van der Waals surface area contributed by atoms with Crippen LogP contribution in [0.1, 0.15) is 27.5 Å². The Bertz CT molecular complexity index is 702. The van der Waals surface area contributed by atoms with Crippen molar-refractivity contribution in [3.8, 4) is 0 Å². The normalized spacial score (nSPS) is 20.1. The second kappa shape index (κ2) is 5.68. The van der Waals surface area contributed by atoms with Crippen molar-refractivity contribution in [2.45, 2.75) is 18.6 Å². The van der Waals surface area contributed by atoms with Gasteiger partial charge in [0.25, 0.3) is 5.91 Å². The van der Waals surface area contributed by atoms with Gasteiger partial charge in [0.05, 0.1) is 27.8 Å². The molecule has 0 radical (unpaired) electrons. The van der Waals surface area contributed by atoms with Crippen LogP contribution in [0.4, 0.5) is 0 Å². The minimum atomic E-state index is -0.635. The zero-order chi connectivity index (χ0) is 15.0. The Morgan fingerprint density at radius 1 is 1.14 bits per heavy atom. The molecule has 0 spiro atoms. The number of amides is 1. The molecule has 0 aromatic heterocycles. The van der Waals surface area contributed by atoms with Gasteiger partial charge < -0.3 is 10.4 Å². The number of nitrogens with one attached hydrogen (secondary N) is 1. The summed E-state index contributed by atoms with van der Waals surface area (Å²) in [4.78, 5) is 12.4. The maximum atomic E-state index is 12.4. The lowest BCUT2D eigenvalue weighted by Crippen LogP contribution is -2.34. The van der Waals surface area contributed by atoms with Crippen molar-refractivity contribution in [1.82, 2.24) is 5.32 Å². The first-order valence-corrected chi connectivity index (χ1v) is 7.34. The number of carbonyl (C=O) groups is 1. The molecular weight excluding hydrogens is 309 g/mol. The number of aliphatic hydroxyl groups excluding tert-OH is 1. The van der Waals surface area contributed by atoms with Gasteiger partial charge in [-0.25, -0.2) is 0 Å². The van der Waals surface area contributed by atoms with Crippen LogP contribution >= 0.6 is 23.2 Å². The van der Waals surface area contributed by atoms with E-state index in [0.717, 1.165) is 11.1 Å². The molecule has 2 aromatic carbocycles. The fourth-order valence-electron chi connectivity index (χ4n) is 2.65. The molecular formula is C16H13Cl2NO2. The summed E-state index contributed by atoms with van der Waals surface area (Å²) in [6.07, 6.45) is -0.103. The average Bonchev–Trinajstić information content (AvgIpc) is 2.78. The molecule has 3 nitrogen and oxygen atoms in total. The third-order valence-corrected chi connectivity index (χ3v) is 4.51. The second-order valence-corrected chi connectivity index (χ2v) is 5.81. The highest BCUT2D eigenvalue weighted by atomic mass is 35.5. The molecule has 0 fully saturated rings. The number of fused-ring (bicyclic) bond motifs is 1. The SMILES string of the molecule is O=C(N[C@H]1c2ccccc2C[C@H]1O)c1cccc(Cl)c1Cl. The molecule has 0 heterocycles. The van der Waals surface area contributed by atoms with Gasteiger partial charge in [-0.2, -0.15) is 0 Å². The summed E-state index contributed by atoms with van der Waals surface area (Å²) < 4.78 is 0. The van der Waals surface area contributed by atoms with Crippen molar-refractivity contribution in [2.24, 2.45) is 0 Å². The third kappa shape index (κ3) is 2.64. The van der Waals surface area contributed by atoms with Crippen LogP contribution < -0.4 is 5.32 Å². The van der Waals surface area contributed by atoms with Crippen LogP contribution in [0.3, 0.4) is 0 Å². The molecule has 5 heteroatoms. The fourth-order valence-corrected chi connectivity index (χ4v) is 3.03. The molecule has 0 bridgehead atoms. The zero-order valence-corrected chi connectivity index (χ0v) is 12.5. The predicted octanol–water partition coefficient (Wildman–Crippen LogP) is 3.38. The summed E-state index contributed by atoms with van der Waals surface area (Å²) in [6.45, 7) is 0. The van der Waals surface area contributed by atoms with Crippen molar-refractivity contribution in [3.05, 3.63) is 69.2 Å². The van der Waals surface area contributed by atoms with Crippen molar-refractivity contribution >= 4 is 29.1 Å². The number of benzene rings is 2. The molecule has 3 rings (SSSR count). The summed E-state index contributed by atoms with van der Waals surface area (Å²) >= 11 is 12.0. The van der Waals surface area contributed by atoms with E-state index in [-0.39, 0.29) is 10.9 Å². The molecule has 2 aromatic rings. The molecule has 0 saturated heterocycles. The van der Waals surface area contributed by atoms with Crippen LogP contribution in [0.25, 0.3) is 0 Å². The van der Waals surface area contributed by atoms with Gasteiger partial charge in [0.1, 0.15) is 0 Å². The number of halogens is 2. The molecule has 1 aliphatic carbocycles. The van der Waals surface area contributed by atoms with Gasteiger partial charge in [0.15, 0.2) is 0 Å². The van der Waals surface area contributed by atoms with Crippen molar-refractivity contribution in [2.75, 3.05) is 0 Å². The lowest BCUT2D eigenvalue weighted by atomic mass is 10.1. The first kappa shape index (κ1) is 14.4. The second-order valence-electron chi connectivity index (χ2n) is 5.02. The quantitative estimate of drug-likeness (QED) is 0.890. The van der Waals surface area contributed by atoms with Crippen molar-refractivity contribution < 1.29 is 9.90 Å². The van der Waals surface area contributed by atoms with E-state index in [1.807, 2.05) is 24.3 Å². The number of carbonyl (C=O) groups excluding carboxylic acids is 1. The van der Waals surface area contributed by atoms with Gasteiger partial charge in [-0.1, -0.05) is 53.5 Å². The van der Waals surface area contributed by atoms with Gasteiger partial charge >= 0.3 is 0 Å². The Morgan fingerprint density at radius 2 is 1.90 bits per heavy atom. The molecule has 1 aliphatic rings. The Kier molecular flexibility index (Phi) is 3.89. The number of aliphatic hydroxyl groups is 1. The standard InChI is InChI=1S/C16H13Cl2NO2/c17-12-7-3-6-11(14(12)18)16(21)19-15-10-5-2-1-4-9(10)8-13(15)20/h1-7,13,15,20H,8H2,(H,19,21)/t13-,15+/m1/s1. The van der Waals surface area contributed by atoms with Crippen LogP contribution in [0.5, 0.6) is 0 Å². The maximum Gasteiger partial charge on any atom is 0.253 e. The summed E-state index contributed by atoms with van der Waals surface area (Å²) in [5, 5.41) is 13.5. The number of hydrogen-bond donors (Lipinski definition) is 2. The minimum absolute atomic E-state index is 0.220. The minimum Gasteiger partial charge on any atom is -0.390 e. The predicted molar refractivity (Wildman–Crippen MR) is 82.8 cm³/mol. The average molecular weight is 322 g/mol.